The largest absolute Gasteiger partial charge is 0.309 e. The number of rotatable bonds is 3. The number of fused-ring (bicyclic) bond motifs is 4. The first-order chi connectivity index (χ1) is 18.2. The van der Waals surface area contributed by atoms with Crippen molar-refractivity contribution in [3.05, 3.63) is 139 Å². The van der Waals surface area contributed by atoms with Gasteiger partial charge in [0.2, 0.25) is 0 Å². The molecule has 0 aliphatic heterocycles. The Kier molecular flexibility index (Phi) is 4.97. The maximum Gasteiger partial charge on any atom is 0.0541 e. The molecule has 0 saturated carbocycles. The van der Waals surface area contributed by atoms with Crippen LogP contribution in [0.2, 0.25) is 0 Å². The molecule has 7 rings (SSSR count). The second-order valence-electron chi connectivity index (χ2n) is 9.96. The van der Waals surface area contributed by atoms with Gasteiger partial charge in [-0.3, -0.25) is 0 Å². The van der Waals surface area contributed by atoms with Gasteiger partial charge in [-0.15, -0.1) is 0 Å². The molecule has 0 fully saturated rings. The Bertz CT molecular complexity index is 1950. The highest BCUT2D eigenvalue weighted by Gasteiger charge is 2.14. The van der Waals surface area contributed by atoms with Crippen LogP contribution in [0.1, 0.15) is 11.1 Å². The number of hydrogen-bond acceptors (Lipinski definition) is 0. The van der Waals surface area contributed by atoms with Crippen molar-refractivity contribution < 1.29 is 0 Å². The van der Waals surface area contributed by atoms with E-state index in [4.69, 9.17) is 0 Å². The molecule has 0 bridgehead atoms. The van der Waals surface area contributed by atoms with Crippen LogP contribution in [-0.2, 0) is 0 Å². The number of nitrogens with zero attached hydrogens (tertiary/aromatic N) is 1. The van der Waals surface area contributed by atoms with Crippen molar-refractivity contribution in [1.82, 2.24) is 4.57 Å². The van der Waals surface area contributed by atoms with E-state index in [0.29, 0.717) is 0 Å². The van der Waals surface area contributed by atoms with Gasteiger partial charge in [-0.2, -0.15) is 0 Å². The predicted octanol–water partition coefficient (Wildman–Crippen LogP) is 9.89. The first kappa shape index (κ1) is 21.6. The van der Waals surface area contributed by atoms with Gasteiger partial charge in [-0.05, 0) is 88.3 Å². The minimum atomic E-state index is 1.19. The van der Waals surface area contributed by atoms with Gasteiger partial charge in [0.15, 0.2) is 0 Å². The molecule has 0 amide bonds. The van der Waals surface area contributed by atoms with Gasteiger partial charge in [0.05, 0.1) is 11.0 Å². The highest BCUT2D eigenvalue weighted by molar-refractivity contribution is 6.10. The van der Waals surface area contributed by atoms with E-state index in [-0.39, 0.29) is 0 Å². The molecule has 37 heavy (non-hydrogen) atoms. The lowest BCUT2D eigenvalue weighted by molar-refractivity contribution is 1.19. The second kappa shape index (κ2) is 8.50. The molecule has 0 N–H and O–H groups in total. The van der Waals surface area contributed by atoms with E-state index in [1.54, 1.807) is 0 Å². The third-order valence-corrected chi connectivity index (χ3v) is 7.66. The fourth-order valence-electron chi connectivity index (χ4n) is 5.77. The van der Waals surface area contributed by atoms with Crippen molar-refractivity contribution in [2.24, 2.45) is 0 Å². The number of hydrogen-bond donors (Lipinski definition) is 0. The Labute approximate surface area is 217 Å². The Morgan fingerprint density at radius 1 is 0.432 bits per heavy atom. The minimum absolute atomic E-state index is 1.19. The van der Waals surface area contributed by atoms with Crippen LogP contribution >= 0.6 is 0 Å². The van der Waals surface area contributed by atoms with Crippen LogP contribution in [0, 0.1) is 13.8 Å². The van der Waals surface area contributed by atoms with Crippen molar-refractivity contribution >= 4 is 32.6 Å². The molecule has 1 heterocycles. The van der Waals surface area contributed by atoms with Gasteiger partial charge in [-0.1, -0.05) is 97.1 Å². The van der Waals surface area contributed by atoms with Gasteiger partial charge >= 0.3 is 0 Å². The summed E-state index contributed by atoms with van der Waals surface area (Å²) in [6.45, 7) is 4.40. The molecule has 1 nitrogen and oxygen atoms in total. The van der Waals surface area contributed by atoms with E-state index in [9.17, 15) is 0 Å². The standard InChI is InChI=1S/C36H27N/c1-24-9-3-6-12-31(24)32-19-16-28(21-25(32)2)29-17-20-36-34(23-29)33-13-7-8-14-35(33)37(36)30-18-15-26-10-4-5-11-27(26)22-30/h3-23H,1-2H3. The van der Waals surface area contributed by atoms with E-state index in [1.165, 1.54) is 71.6 Å². The Morgan fingerprint density at radius 3 is 1.97 bits per heavy atom. The second-order valence-corrected chi connectivity index (χ2v) is 9.96. The average molecular weight is 474 g/mol. The average Bonchev–Trinajstić information content (AvgIpc) is 3.27. The minimum Gasteiger partial charge on any atom is -0.309 e. The summed E-state index contributed by atoms with van der Waals surface area (Å²) in [7, 11) is 0. The molecule has 6 aromatic carbocycles. The molecule has 0 unspecified atom stereocenters. The van der Waals surface area contributed by atoms with Crippen LogP contribution in [0.5, 0.6) is 0 Å². The van der Waals surface area contributed by atoms with Gasteiger partial charge in [-0.25, -0.2) is 0 Å². The highest BCUT2D eigenvalue weighted by atomic mass is 15.0. The molecule has 1 aromatic heterocycles. The Morgan fingerprint density at radius 2 is 1.11 bits per heavy atom. The molecule has 0 spiro atoms. The SMILES string of the molecule is Cc1ccccc1-c1ccc(-c2ccc3c(c2)c2ccccc2n3-c2ccc3ccccc3c2)cc1C. The van der Waals surface area contributed by atoms with Crippen LogP contribution in [-0.4, -0.2) is 4.57 Å². The molecule has 0 atom stereocenters. The molecular formula is C36H27N. The third-order valence-electron chi connectivity index (χ3n) is 7.66. The van der Waals surface area contributed by atoms with E-state index in [2.05, 4.69) is 146 Å². The van der Waals surface area contributed by atoms with E-state index < -0.39 is 0 Å². The summed E-state index contributed by atoms with van der Waals surface area (Å²) in [4.78, 5) is 0. The molecule has 0 aliphatic rings. The van der Waals surface area contributed by atoms with E-state index in [0.717, 1.165) is 0 Å². The van der Waals surface area contributed by atoms with Crippen molar-refractivity contribution in [3.8, 4) is 27.9 Å². The lowest BCUT2D eigenvalue weighted by atomic mass is 9.93. The first-order valence-corrected chi connectivity index (χ1v) is 12.9. The van der Waals surface area contributed by atoms with Crippen LogP contribution in [0.25, 0.3) is 60.5 Å². The first-order valence-electron chi connectivity index (χ1n) is 12.9. The quantitative estimate of drug-likeness (QED) is 0.241. The maximum atomic E-state index is 2.40. The lowest BCUT2D eigenvalue weighted by Crippen LogP contribution is -1.93. The van der Waals surface area contributed by atoms with Crippen LogP contribution in [0.15, 0.2) is 127 Å². The third kappa shape index (κ3) is 3.55. The summed E-state index contributed by atoms with van der Waals surface area (Å²) in [5.41, 5.74) is 11.4. The summed E-state index contributed by atoms with van der Waals surface area (Å²) in [6.07, 6.45) is 0. The highest BCUT2D eigenvalue weighted by Crippen LogP contribution is 2.37. The van der Waals surface area contributed by atoms with E-state index >= 15 is 0 Å². The predicted molar refractivity (Wildman–Crippen MR) is 159 cm³/mol. The van der Waals surface area contributed by atoms with Gasteiger partial charge < -0.3 is 4.57 Å². The molecular weight excluding hydrogens is 446 g/mol. The fourth-order valence-corrected chi connectivity index (χ4v) is 5.77. The normalized spacial score (nSPS) is 11.5. The number of aromatic nitrogens is 1. The summed E-state index contributed by atoms with van der Waals surface area (Å²) >= 11 is 0. The van der Waals surface area contributed by atoms with Crippen LogP contribution in [0.4, 0.5) is 0 Å². The summed E-state index contributed by atoms with van der Waals surface area (Å²) < 4.78 is 2.40. The maximum absolute atomic E-state index is 2.40. The zero-order valence-corrected chi connectivity index (χ0v) is 21.1. The molecule has 0 aliphatic carbocycles. The number of benzene rings is 6. The molecule has 0 radical (unpaired) electrons. The van der Waals surface area contributed by atoms with Crippen molar-refractivity contribution in [2.75, 3.05) is 0 Å². The molecule has 0 saturated heterocycles. The number of para-hydroxylation sites is 1. The van der Waals surface area contributed by atoms with Gasteiger partial charge in [0.25, 0.3) is 0 Å². The van der Waals surface area contributed by atoms with Crippen molar-refractivity contribution in [2.45, 2.75) is 13.8 Å². The summed E-state index contributed by atoms with van der Waals surface area (Å²) in [5.74, 6) is 0. The van der Waals surface area contributed by atoms with Crippen molar-refractivity contribution in [1.29, 1.82) is 0 Å². The molecule has 176 valence electrons. The number of aryl methyl sites for hydroxylation is 2. The van der Waals surface area contributed by atoms with Crippen LogP contribution < -0.4 is 0 Å². The van der Waals surface area contributed by atoms with Crippen LogP contribution in [0.3, 0.4) is 0 Å². The Balaban J connectivity index is 1.39. The smallest absolute Gasteiger partial charge is 0.0541 e. The summed E-state index contributed by atoms with van der Waals surface area (Å²) in [5, 5.41) is 5.08. The topological polar surface area (TPSA) is 4.93 Å². The fraction of sp³-hybridized carbons (Fsp3) is 0.0556. The zero-order valence-electron chi connectivity index (χ0n) is 21.1. The van der Waals surface area contributed by atoms with Gasteiger partial charge in [0.1, 0.15) is 0 Å². The molecule has 7 aromatic rings. The lowest BCUT2D eigenvalue weighted by Gasteiger charge is -2.12. The zero-order chi connectivity index (χ0) is 24.9. The molecule has 1 heteroatoms. The Hall–Kier alpha value is -4.62. The van der Waals surface area contributed by atoms with Gasteiger partial charge in [0, 0.05) is 16.5 Å². The van der Waals surface area contributed by atoms with E-state index in [1.807, 2.05) is 0 Å². The summed E-state index contributed by atoms with van der Waals surface area (Å²) in [6, 6.07) is 46.4. The van der Waals surface area contributed by atoms with Crippen molar-refractivity contribution in [3.63, 3.8) is 0 Å². The monoisotopic (exact) mass is 473 g/mol.